The number of nitrogens with one attached hydrogen (secondary N) is 1. The second kappa shape index (κ2) is 7.43. The number of hydrogen-bond donors (Lipinski definition) is 1. The van der Waals surface area contributed by atoms with E-state index < -0.39 is 0 Å². The molecule has 0 aliphatic carbocycles. The lowest BCUT2D eigenvalue weighted by atomic mass is 10.3. The lowest BCUT2D eigenvalue weighted by molar-refractivity contribution is 0.457. The fourth-order valence-electron chi connectivity index (χ4n) is 1.60. The van der Waals surface area contributed by atoms with Crippen molar-refractivity contribution in [3.63, 3.8) is 0 Å². The summed E-state index contributed by atoms with van der Waals surface area (Å²) >= 11 is 12.0. The lowest BCUT2D eigenvalue weighted by Crippen LogP contribution is -2.15. The predicted octanol–water partition coefficient (Wildman–Crippen LogP) is 4.08. The van der Waals surface area contributed by atoms with Crippen LogP contribution in [0.25, 0.3) is 0 Å². The van der Waals surface area contributed by atoms with Gasteiger partial charge in [0.2, 0.25) is 5.88 Å². The van der Waals surface area contributed by atoms with Crippen molar-refractivity contribution in [2.45, 2.75) is 19.9 Å². The van der Waals surface area contributed by atoms with Gasteiger partial charge in [-0.1, -0.05) is 30.1 Å². The molecule has 2 rings (SSSR count). The molecule has 20 heavy (non-hydrogen) atoms. The Morgan fingerprint density at radius 2 is 2.10 bits per heavy atom. The van der Waals surface area contributed by atoms with Gasteiger partial charge in [0.05, 0.1) is 21.9 Å². The Morgan fingerprint density at radius 1 is 1.25 bits per heavy atom. The summed E-state index contributed by atoms with van der Waals surface area (Å²) in [6, 6.07) is 5.16. The molecular weight excluding hydrogens is 297 g/mol. The van der Waals surface area contributed by atoms with Gasteiger partial charge in [-0.15, -0.1) is 0 Å². The van der Waals surface area contributed by atoms with Crippen molar-refractivity contribution in [3.8, 4) is 11.6 Å². The van der Waals surface area contributed by atoms with Gasteiger partial charge in [-0.25, -0.2) is 4.98 Å². The van der Waals surface area contributed by atoms with Gasteiger partial charge in [0.15, 0.2) is 0 Å². The monoisotopic (exact) mass is 311 g/mol. The summed E-state index contributed by atoms with van der Waals surface area (Å²) in [5.41, 5.74) is 0.757. The van der Waals surface area contributed by atoms with Gasteiger partial charge < -0.3 is 10.1 Å². The zero-order chi connectivity index (χ0) is 14.4. The van der Waals surface area contributed by atoms with Gasteiger partial charge in [-0.3, -0.25) is 4.98 Å². The first-order valence-corrected chi connectivity index (χ1v) is 7.09. The first-order valence-electron chi connectivity index (χ1n) is 6.33. The molecule has 0 spiro atoms. The third-order valence-electron chi connectivity index (χ3n) is 2.51. The minimum absolute atomic E-state index is 0.465. The van der Waals surface area contributed by atoms with Crippen LogP contribution < -0.4 is 10.1 Å². The van der Waals surface area contributed by atoms with Crippen LogP contribution in [0.4, 0.5) is 0 Å². The second-order valence-corrected chi connectivity index (χ2v) is 5.04. The zero-order valence-corrected chi connectivity index (χ0v) is 12.6. The smallest absolute Gasteiger partial charge is 0.219 e. The third-order valence-corrected chi connectivity index (χ3v) is 3.07. The molecule has 0 aromatic carbocycles. The van der Waals surface area contributed by atoms with Crippen LogP contribution in [-0.4, -0.2) is 16.5 Å². The summed E-state index contributed by atoms with van der Waals surface area (Å²) in [5, 5.41) is 4.39. The first-order chi connectivity index (χ1) is 9.69. The van der Waals surface area contributed by atoms with E-state index in [1.807, 2.05) is 0 Å². The molecule has 0 saturated carbocycles. The zero-order valence-electron chi connectivity index (χ0n) is 11.1. The molecule has 0 aliphatic heterocycles. The maximum atomic E-state index is 6.11. The molecule has 0 atom stereocenters. The average Bonchev–Trinajstić information content (AvgIpc) is 2.42. The molecule has 0 unspecified atom stereocenters. The molecule has 1 N–H and O–H groups in total. The van der Waals surface area contributed by atoms with Crippen LogP contribution in [0.5, 0.6) is 11.6 Å². The van der Waals surface area contributed by atoms with E-state index in [1.54, 1.807) is 30.6 Å². The van der Waals surface area contributed by atoms with Gasteiger partial charge in [0.1, 0.15) is 5.75 Å². The Bertz CT molecular complexity index is 578. The molecule has 2 aromatic heterocycles. The highest BCUT2D eigenvalue weighted by atomic mass is 35.5. The van der Waals surface area contributed by atoms with Crippen molar-refractivity contribution >= 4 is 23.2 Å². The van der Waals surface area contributed by atoms with Gasteiger partial charge in [0, 0.05) is 24.9 Å². The minimum Gasteiger partial charge on any atom is -0.437 e. The molecule has 4 nitrogen and oxygen atoms in total. The van der Waals surface area contributed by atoms with Crippen molar-refractivity contribution in [2.24, 2.45) is 0 Å². The van der Waals surface area contributed by atoms with Crippen molar-refractivity contribution in [1.29, 1.82) is 0 Å². The molecule has 2 heterocycles. The molecule has 106 valence electrons. The molecule has 0 fully saturated rings. The molecular formula is C14H15Cl2N3O. The maximum Gasteiger partial charge on any atom is 0.219 e. The van der Waals surface area contributed by atoms with E-state index in [-0.39, 0.29) is 0 Å². The van der Waals surface area contributed by atoms with E-state index in [2.05, 4.69) is 22.2 Å². The topological polar surface area (TPSA) is 47.0 Å². The average molecular weight is 312 g/mol. The van der Waals surface area contributed by atoms with Crippen molar-refractivity contribution < 1.29 is 4.74 Å². The van der Waals surface area contributed by atoms with Crippen LogP contribution in [0, 0.1) is 0 Å². The van der Waals surface area contributed by atoms with Gasteiger partial charge in [0.25, 0.3) is 0 Å². The lowest BCUT2D eigenvalue weighted by Gasteiger charge is -2.09. The van der Waals surface area contributed by atoms with Gasteiger partial charge >= 0.3 is 0 Å². The Morgan fingerprint density at radius 3 is 2.85 bits per heavy atom. The second-order valence-electron chi connectivity index (χ2n) is 4.20. The summed E-state index contributed by atoms with van der Waals surface area (Å²) in [5.74, 6) is 1.01. The number of hydrogen-bond acceptors (Lipinski definition) is 4. The van der Waals surface area contributed by atoms with Crippen LogP contribution in [0.2, 0.25) is 10.0 Å². The van der Waals surface area contributed by atoms with Crippen LogP contribution in [0.15, 0.2) is 30.6 Å². The number of halogens is 2. The van der Waals surface area contributed by atoms with Crippen LogP contribution in [-0.2, 0) is 6.54 Å². The minimum atomic E-state index is 0.465. The molecule has 0 amide bonds. The highest BCUT2D eigenvalue weighted by molar-refractivity contribution is 6.31. The van der Waals surface area contributed by atoms with E-state index in [9.17, 15) is 0 Å². The van der Waals surface area contributed by atoms with E-state index >= 15 is 0 Å². The third kappa shape index (κ3) is 4.34. The van der Waals surface area contributed by atoms with Gasteiger partial charge in [-0.2, -0.15) is 0 Å². The number of pyridine rings is 2. The largest absolute Gasteiger partial charge is 0.437 e. The molecule has 6 heteroatoms. The van der Waals surface area contributed by atoms with E-state index in [0.29, 0.717) is 28.2 Å². The molecule has 0 radical (unpaired) electrons. The van der Waals surface area contributed by atoms with Crippen molar-refractivity contribution in [1.82, 2.24) is 15.3 Å². The van der Waals surface area contributed by atoms with Crippen molar-refractivity contribution in [3.05, 3.63) is 46.3 Å². The summed E-state index contributed by atoms with van der Waals surface area (Å²) in [7, 11) is 0. The summed E-state index contributed by atoms with van der Waals surface area (Å²) in [6.07, 6.45) is 4.18. The van der Waals surface area contributed by atoms with E-state index in [1.165, 1.54) is 0 Å². The standard InChI is InChI=1S/C14H15Cl2N3O/c1-2-5-17-9-13-12(16)3-4-14(19-13)20-11-6-10(15)7-18-8-11/h3-4,6-8,17H,2,5,9H2,1H3. The highest BCUT2D eigenvalue weighted by Gasteiger charge is 2.06. The number of nitrogens with zero attached hydrogens (tertiary/aromatic N) is 2. The summed E-state index contributed by atoms with van der Waals surface area (Å²) in [4.78, 5) is 8.34. The quantitative estimate of drug-likeness (QED) is 0.817. The van der Waals surface area contributed by atoms with Gasteiger partial charge in [-0.05, 0) is 19.0 Å². The Kier molecular flexibility index (Phi) is 5.59. The fraction of sp³-hybridized carbons (Fsp3) is 0.286. The van der Waals surface area contributed by atoms with E-state index in [4.69, 9.17) is 27.9 Å². The number of ether oxygens (including phenoxy) is 1. The predicted molar refractivity (Wildman–Crippen MR) is 80.6 cm³/mol. The Hall–Kier alpha value is -1.36. The number of aromatic nitrogens is 2. The molecule has 0 bridgehead atoms. The molecule has 0 aliphatic rings. The molecule has 2 aromatic rings. The van der Waals surface area contributed by atoms with Crippen molar-refractivity contribution in [2.75, 3.05) is 6.54 Å². The Balaban J connectivity index is 2.10. The SMILES string of the molecule is CCCNCc1nc(Oc2cncc(Cl)c2)ccc1Cl. The first kappa shape index (κ1) is 15.0. The Labute approximate surface area is 128 Å². The summed E-state index contributed by atoms with van der Waals surface area (Å²) < 4.78 is 5.62. The van der Waals surface area contributed by atoms with Crippen LogP contribution >= 0.6 is 23.2 Å². The summed E-state index contributed by atoms with van der Waals surface area (Å²) in [6.45, 7) is 3.63. The molecule has 0 saturated heterocycles. The highest BCUT2D eigenvalue weighted by Crippen LogP contribution is 2.24. The number of rotatable bonds is 6. The fourth-order valence-corrected chi connectivity index (χ4v) is 1.93. The van der Waals surface area contributed by atoms with E-state index in [0.717, 1.165) is 18.7 Å². The maximum absolute atomic E-state index is 6.11. The normalized spacial score (nSPS) is 10.6. The van der Waals surface area contributed by atoms with Crippen LogP contribution in [0.1, 0.15) is 19.0 Å². The van der Waals surface area contributed by atoms with Crippen LogP contribution in [0.3, 0.4) is 0 Å².